The van der Waals surface area contributed by atoms with Gasteiger partial charge in [-0.1, -0.05) is 30.3 Å². The molecule has 1 aliphatic rings. The Balaban J connectivity index is 1.21. The third-order valence-electron chi connectivity index (χ3n) is 7.90. The molecule has 10 nitrogen and oxygen atoms in total. The first-order chi connectivity index (χ1) is 21.9. The maximum absolute atomic E-state index is 15.4. The number of rotatable bonds is 11. The second kappa shape index (κ2) is 13.3. The molecule has 3 aromatic carbocycles. The summed E-state index contributed by atoms with van der Waals surface area (Å²) in [4.78, 5) is 31.7. The summed E-state index contributed by atoms with van der Waals surface area (Å²) in [6.07, 6.45) is 3.36. The smallest absolute Gasteiger partial charge is 0.335 e. The SMILES string of the molecule is Cn1c(Cc2ccccc2)c(O)n(-c2ccc(Oc3ccnc4cc(OCCCN5CCOCC5)c(C=O)cc34)c(F)c2)c1=O. The summed E-state index contributed by atoms with van der Waals surface area (Å²) >= 11 is 0. The summed E-state index contributed by atoms with van der Waals surface area (Å²) in [5.41, 5.74) is 1.81. The molecule has 1 aliphatic heterocycles. The number of carbonyl (C=O) groups is 1. The van der Waals surface area contributed by atoms with Crippen molar-refractivity contribution >= 4 is 17.2 Å². The van der Waals surface area contributed by atoms with Gasteiger partial charge in [0, 0.05) is 56.8 Å². The molecule has 3 heterocycles. The molecule has 1 saturated heterocycles. The molecule has 1 N–H and O–H groups in total. The third-order valence-corrected chi connectivity index (χ3v) is 7.90. The normalized spacial score (nSPS) is 13.6. The number of imidazole rings is 1. The number of aromatic nitrogens is 3. The zero-order valence-electron chi connectivity index (χ0n) is 24.8. The van der Waals surface area contributed by atoms with E-state index in [1.807, 2.05) is 30.3 Å². The van der Waals surface area contributed by atoms with Crippen molar-refractivity contribution in [3.05, 3.63) is 106 Å². The Morgan fingerprint density at radius 1 is 1.02 bits per heavy atom. The Labute approximate surface area is 258 Å². The van der Waals surface area contributed by atoms with Crippen molar-refractivity contribution < 1.29 is 28.5 Å². The van der Waals surface area contributed by atoms with E-state index in [9.17, 15) is 14.7 Å². The van der Waals surface area contributed by atoms with Crippen LogP contribution in [0.3, 0.4) is 0 Å². The molecule has 0 amide bonds. The Morgan fingerprint density at radius 2 is 1.82 bits per heavy atom. The number of aromatic hydroxyl groups is 1. The standard InChI is InChI=1S/C34H33FN4O6/c1-37-29(18-23-6-3-2-4-7-23)33(41)39(34(37)42)25-8-9-31(27(35)20-25)45-30-10-11-36-28-21-32(24(22-40)19-26(28)30)44-15-5-12-38-13-16-43-17-14-38/h2-4,6-11,19-22,41H,5,12-18H2,1H3. The van der Waals surface area contributed by atoms with E-state index >= 15 is 4.39 Å². The molecule has 0 unspecified atom stereocenters. The third kappa shape index (κ3) is 6.45. The highest BCUT2D eigenvalue weighted by Gasteiger charge is 2.20. The summed E-state index contributed by atoms with van der Waals surface area (Å²) in [5, 5.41) is 11.5. The summed E-state index contributed by atoms with van der Waals surface area (Å²) < 4.78 is 35.1. The first-order valence-electron chi connectivity index (χ1n) is 14.7. The van der Waals surface area contributed by atoms with Crippen molar-refractivity contribution in [1.82, 2.24) is 19.0 Å². The second-order valence-corrected chi connectivity index (χ2v) is 10.8. The van der Waals surface area contributed by atoms with Gasteiger partial charge in [-0.25, -0.2) is 13.8 Å². The number of benzene rings is 3. The Bertz CT molecular complexity index is 1880. The summed E-state index contributed by atoms with van der Waals surface area (Å²) in [7, 11) is 1.56. The predicted molar refractivity (Wildman–Crippen MR) is 166 cm³/mol. The molecule has 0 spiro atoms. The molecular formula is C34H33FN4O6. The number of carbonyl (C=O) groups excluding carboxylic acids is 1. The van der Waals surface area contributed by atoms with Gasteiger partial charge in [0.05, 0.1) is 42.3 Å². The van der Waals surface area contributed by atoms with Gasteiger partial charge in [0.15, 0.2) is 17.9 Å². The molecule has 0 bridgehead atoms. The fraction of sp³-hybridized carbons (Fsp3) is 0.265. The highest BCUT2D eigenvalue weighted by Crippen LogP contribution is 2.35. The summed E-state index contributed by atoms with van der Waals surface area (Å²) in [6, 6.07) is 18.3. The van der Waals surface area contributed by atoms with Gasteiger partial charge < -0.3 is 19.3 Å². The average molecular weight is 613 g/mol. The van der Waals surface area contributed by atoms with E-state index in [1.54, 1.807) is 25.2 Å². The lowest BCUT2D eigenvalue weighted by Crippen LogP contribution is -2.37. The van der Waals surface area contributed by atoms with Gasteiger partial charge in [-0.05, 0) is 36.2 Å². The van der Waals surface area contributed by atoms with Gasteiger partial charge in [0.25, 0.3) is 0 Å². The minimum Gasteiger partial charge on any atom is -0.493 e. The zero-order valence-corrected chi connectivity index (χ0v) is 24.8. The van der Waals surface area contributed by atoms with E-state index in [-0.39, 0.29) is 17.3 Å². The van der Waals surface area contributed by atoms with Crippen LogP contribution in [0.4, 0.5) is 4.39 Å². The molecule has 5 aromatic rings. The lowest BCUT2D eigenvalue weighted by Gasteiger charge is -2.26. The molecule has 0 radical (unpaired) electrons. The number of hydrogen-bond acceptors (Lipinski definition) is 8. The largest absolute Gasteiger partial charge is 0.493 e. The minimum absolute atomic E-state index is 0.102. The fourth-order valence-corrected chi connectivity index (χ4v) is 5.45. The van der Waals surface area contributed by atoms with Gasteiger partial charge in [0.2, 0.25) is 5.88 Å². The van der Waals surface area contributed by atoms with Gasteiger partial charge in [-0.15, -0.1) is 0 Å². The van der Waals surface area contributed by atoms with Gasteiger partial charge in [0.1, 0.15) is 11.5 Å². The number of ether oxygens (including phenoxy) is 3. The van der Waals surface area contributed by atoms with Crippen molar-refractivity contribution in [2.24, 2.45) is 7.05 Å². The molecule has 232 valence electrons. The molecular weight excluding hydrogens is 579 g/mol. The number of hydrogen-bond donors (Lipinski definition) is 1. The van der Waals surface area contributed by atoms with E-state index in [2.05, 4.69) is 9.88 Å². The van der Waals surface area contributed by atoms with Crippen LogP contribution < -0.4 is 15.2 Å². The number of halogens is 1. The number of aldehydes is 1. The Kier molecular flexibility index (Phi) is 8.90. The van der Waals surface area contributed by atoms with Crippen molar-refractivity contribution in [3.63, 3.8) is 0 Å². The number of pyridine rings is 1. The van der Waals surface area contributed by atoms with E-state index in [4.69, 9.17) is 14.2 Å². The number of nitrogens with zero attached hydrogens (tertiary/aromatic N) is 4. The van der Waals surface area contributed by atoms with Crippen LogP contribution in [0.1, 0.15) is 28.0 Å². The zero-order chi connectivity index (χ0) is 31.3. The topological polar surface area (TPSA) is 108 Å². The monoisotopic (exact) mass is 612 g/mol. The maximum Gasteiger partial charge on any atom is 0.335 e. The van der Waals surface area contributed by atoms with Crippen LogP contribution in [0.5, 0.6) is 23.1 Å². The quantitative estimate of drug-likeness (QED) is 0.166. The van der Waals surface area contributed by atoms with Crippen LogP contribution in [0, 0.1) is 5.82 Å². The molecule has 6 rings (SSSR count). The Hall–Kier alpha value is -5.00. The molecule has 11 heteroatoms. The molecule has 1 fully saturated rings. The molecule has 2 aromatic heterocycles. The highest BCUT2D eigenvalue weighted by molar-refractivity contribution is 5.93. The van der Waals surface area contributed by atoms with E-state index in [1.165, 1.54) is 22.9 Å². The van der Waals surface area contributed by atoms with Crippen molar-refractivity contribution in [2.45, 2.75) is 12.8 Å². The van der Waals surface area contributed by atoms with Crippen LogP contribution in [0.15, 0.2) is 77.7 Å². The maximum atomic E-state index is 15.4. The van der Waals surface area contributed by atoms with Crippen LogP contribution in [0.25, 0.3) is 16.6 Å². The number of fused-ring (bicyclic) bond motifs is 1. The average Bonchev–Trinajstić information content (AvgIpc) is 3.27. The first-order valence-corrected chi connectivity index (χ1v) is 14.7. The molecule has 0 atom stereocenters. The molecule has 45 heavy (non-hydrogen) atoms. The van der Waals surface area contributed by atoms with Gasteiger partial charge >= 0.3 is 5.69 Å². The van der Waals surface area contributed by atoms with Gasteiger partial charge in [-0.2, -0.15) is 0 Å². The first kappa shape index (κ1) is 30.0. The van der Waals surface area contributed by atoms with Crippen LogP contribution >= 0.6 is 0 Å². The Morgan fingerprint density at radius 3 is 2.58 bits per heavy atom. The predicted octanol–water partition coefficient (Wildman–Crippen LogP) is 4.87. The lowest BCUT2D eigenvalue weighted by molar-refractivity contribution is 0.0358. The number of morpholine rings is 1. The van der Waals surface area contributed by atoms with Crippen molar-refractivity contribution in [3.8, 4) is 28.8 Å². The summed E-state index contributed by atoms with van der Waals surface area (Å²) in [6.45, 7) is 4.57. The molecule has 0 aliphatic carbocycles. The van der Waals surface area contributed by atoms with Crippen molar-refractivity contribution in [1.29, 1.82) is 0 Å². The highest BCUT2D eigenvalue weighted by atomic mass is 19.1. The van der Waals surface area contributed by atoms with Crippen LogP contribution in [-0.2, 0) is 18.2 Å². The van der Waals surface area contributed by atoms with Crippen LogP contribution in [-0.4, -0.2) is 69.9 Å². The van der Waals surface area contributed by atoms with Gasteiger partial charge in [-0.3, -0.25) is 19.2 Å². The van der Waals surface area contributed by atoms with Crippen molar-refractivity contribution in [2.75, 3.05) is 39.5 Å². The van der Waals surface area contributed by atoms with E-state index in [0.29, 0.717) is 53.0 Å². The lowest BCUT2D eigenvalue weighted by atomic mass is 10.1. The van der Waals surface area contributed by atoms with Crippen LogP contribution in [0.2, 0.25) is 0 Å². The van der Waals surface area contributed by atoms with E-state index in [0.717, 1.165) is 55.5 Å². The fourth-order valence-electron chi connectivity index (χ4n) is 5.45. The second-order valence-electron chi connectivity index (χ2n) is 10.8. The minimum atomic E-state index is -0.743. The molecule has 0 saturated carbocycles. The van der Waals surface area contributed by atoms with E-state index < -0.39 is 11.5 Å². The summed E-state index contributed by atoms with van der Waals surface area (Å²) in [5.74, 6) is -0.402.